The number of hydrogen-bond donors (Lipinski definition) is 1. The minimum absolute atomic E-state index is 0.0784. The fraction of sp³-hybridized carbons (Fsp3) is 0.0952. The van der Waals surface area contributed by atoms with Crippen molar-refractivity contribution < 1.29 is 14.3 Å². The Bertz CT molecular complexity index is 1140. The van der Waals surface area contributed by atoms with E-state index in [0.29, 0.717) is 32.4 Å². The molecule has 0 aliphatic carbocycles. The van der Waals surface area contributed by atoms with E-state index in [2.05, 4.69) is 10.3 Å². The third kappa shape index (κ3) is 5.51. The first-order chi connectivity index (χ1) is 14.5. The number of hydrogen-bond acceptors (Lipinski definition) is 6. The molecule has 152 valence electrons. The van der Waals surface area contributed by atoms with Crippen LogP contribution in [0.1, 0.15) is 5.56 Å². The Kier molecular flexibility index (Phi) is 7.31. The van der Waals surface area contributed by atoms with Gasteiger partial charge in [-0.1, -0.05) is 29.3 Å². The average molecular weight is 460 g/mol. The molecule has 0 spiro atoms. The Labute approximate surface area is 187 Å². The van der Waals surface area contributed by atoms with Crippen LogP contribution in [0.4, 0.5) is 5.13 Å². The number of benzene rings is 2. The van der Waals surface area contributed by atoms with Crippen molar-refractivity contribution in [2.24, 2.45) is 0 Å². The van der Waals surface area contributed by atoms with Gasteiger partial charge in [0.1, 0.15) is 6.07 Å². The Balaban J connectivity index is 1.67. The van der Waals surface area contributed by atoms with E-state index in [4.69, 9.17) is 37.9 Å². The van der Waals surface area contributed by atoms with Crippen LogP contribution in [0.5, 0.6) is 11.5 Å². The highest BCUT2D eigenvalue weighted by Gasteiger charge is 2.10. The van der Waals surface area contributed by atoms with Gasteiger partial charge in [-0.05, 0) is 42.0 Å². The maximum Gasteiger partial charge on any atom is 0.250 e. The highest BCUT2D eigenvalue weighted by molar-refractivity contribution is 7.14. The Morgan fingerprint density at radius 2 is 2.10 bits per heavy atom. The van der Waals surface area contributed by atoms with E-state index < -0.39 is 0 Å². The van der Waals surface area contributed by atoms with Crippen LogP contribution in [0.2, 0.25) is 10.0 Å². The monoisotopic (exact) mass is 459 g/mol. The van der Waals surface area contributed by atoms with Crippen molar-refractivity contribution in [1.82, 2.24) is 4.98 Å². The summed E-state index contributed by atoms with van der Waals surface area (Å²) in [6, 6.07) is 12.2. The van der Waals surface area contributed by atoms with E-state index in [1.165, 1.54) is 24.5 Å². The van der Waals surface area contributed by atoms with Crippen LogP contribution < -0.4 is 14.8 Å². The summed E-state index contributed by atoms with van der Waals surface area (Å²) < 4.78 is 10.5. The van der Waals surface area contributed by atoms with Gasteiger partial charge in [0.2, 0.25) is 5.91 Å². The van der Waals surface area contributed by atoms with Crippen LogP contribution in [0, 0.1) is 11.3 Å². The van der Waals surface area contributed by atoms with E-state index in [9.17, 15) is 4.79 Å². The van der Waals surface area contributed by atoms with E-state index in [0.717, 1.165) is 11.1 Å². The molecule has 0 aliphatic rings. The number of methoxy groups -OCH3 is 1. The Morgan fingerprint density at radius 3 is 2.83 bits per heavy atom. The molecule has 3 rings (SSSR count). The normalized spacial score (nSPS) is 10.6. The largest absolute Gasteiger partial charge is 0.493 e. The quantitative estimate of drug-likeness (QED) is 0.459. The second-order valence-corrected chi connectivity index (χ2v) is 7.54. The van der Waals surface area contributed by atoms with Crippen LogP contribution in [-0.2, 0) is 4.79 Å². The van der Waals surface area contributed by atoms with Crippen molar-refractivity contribution in [1.29, 1.82) is 5.26 Å². The number of thiazole rings is 1. The SMILES string of the molecule is COc1cc(/C=C/C(=O)Nc2nc(-c3ccc(Cl)cc3Cl)cs2)ccc1OCC#N. The lowest BCUT2D eigenvalue weighted by molar-refractivity contribution is -0.111. The second kappa shape index (κ2) is 10.1. The van der Waals surface area contributed by atoms with Gasteiger partial charge in [0.05, 0.1) is 17.8 Å². The molecular formula is C21H15Cl2N3O3S. The number of amides is 1. The van der Waals surface area contributed by atoms with Crippen molar-refractivity contribution in [2.75, 3.05) is 19.0 Å². The summed E-state index contributed by atoms with van der Waals surface area (Å²) in [5.41, 5.74) is 2.12. The summed E-state index contributed by atoms with van der Waals surface area (Å²) >= 11 is 13.4. The molecule has 0 radical (unpaired) electrons. The molecule has 0 aliphatic heterocycles. The van der Waals surface area contributed by atoms with E-state index in [-0.39, 0.29) is 12.5 Å². The molecular weight excluding hydrogens is 445 g/mol. The second-order valence-electron chi connectivity index (χ2n) is 5.84. The number of rotatable bonds is 7. The predicted octanol–water partition coefficient (Wildman–Crippen LogP) is 5.68. The fourth-order valence-corrected chi connectivity index (χ4v) is 3.71. The summed E-state index contributed by atoms with van der Waals surface area (Å²) in [7, 11) is 1.50. The van der Waals surface area contributed by atoms with Crippen molar-refractivity contribution in [2.45, 2.75) is 0 Å². The topological polar surface area (TPSA) is 84.2 Å². The van der Waals surface area contributed by atoms with E-state index in [1.807, 2.05) is 6.07 Å². The first-order valence-electron chi connectivity index (χ1n) is 8.58. The molecule has 0 unspecified atom stereocenters. The smallest absolute Gasteiger partial charge is 0.250 e. The number of carbonyl (C=O) groups is 1. The number of anilines is 1. The van der Waals surface area contributed by atoms with E-state index in [1.54, 1.807) is 47.9 Å². The molecule has 0 saturated heterocycles. The minimum atomic E-state index is -0.332. The summed E-state index contributed by atoms with van der Waals surface area (Å²) in [6.07, 6.45) is 3.03. The average Bonchev–Trinajstić information content (AvgIpc) is 3.18. The number of aromatic nitrogens is 1. The zero-order valence-corrected chi connectivity index (χ0v) is 18.0. The lowest BCUT2D eigenvalue weighted by Crippen LogP contribution is -2.07. The minimum Gasteiger partial charge on any atom is -0.493 e. The van der Waals surface area contributed by atoms with Gasteiger partial charge < -0.3 is 9.47 Å². The molecule has 0 bridgehead atoms. The Morgan fingerprint density at radius 1 is 1.27 bits per heavy atom. The lowest BCUT2D eigenvalue weighted by atomic mass is 10.2. The summed E-state index contributed by atoms with van der Waals surface area (Å²) in [5.74, 6) is 0.593. The van der Waals surface area contributed by atoms with Crippen molar-refractivity contribution in [3.05, 3.63) is 63.5 Å². The van der Waals surface area contributed by atoms with Crippen LogP contribution >= 0.6 is 34.5 Å². The first kappa shape index (κ1) is 21.7. The van der Waals surface area contributed by atoms with Crippen molar-refractivity contribution >= 4 is 51.7 Å². The molecule has 30 heavy (non-hydrogen) atoms. The summed E-state index contributed by atoms with van der Waals surface area (Å²) in [6.45, 7) is -0.0784. The van der Waals surface area contributed by atoms with Crippen LogP contribution in [0.15, 0.2) is 47.9 Å². The van der Waals surface area contributed by atoms with Gasteiger partial charge in [-0.15, -0.1) is 11.3 Å². The molecule has 3 aromatic rings. The molecule has 0 atom stereocenters. The molecule has 6 nitrogen and oxygen atoms in total. The van der Waals surface area contributed by atoms with Crippen molar-refractivity contribution in [3.63, 3.8) is 0 Å². The van der Waals surface area contributed by atoms with Crippen LogP contribution in [-0.4, -0.2) is 24.6 Å². The maximum atomic E-state index is 12.2. The molecule has 0 fully saturated rings. The van der Waals surface area contributed by atoms with Crippen molar-refractivity contribution in [3.8, 4) is 28.8 Å². The number of carbonyl (C=O) groups excluding carboxylic acids is 1. The molecule has 0 saturated carbocycles. The number of halogens is 2. The highest BCUT2D eigenvalue weighted by atomic mass is 35.5. The van der Waals surface area contributed by atoms with Gasteiger partial charge in [-0.3, -0.25) is 10.1 Å². The van der Waals surface area contributed by atoms with Gasteiger partial charge in [0.25, 0.3) is 0 Å². The number of nitrogens with one attached hydrogen (secondary N) is 1. The molecule has 9 heteroatoms. The fourth-order valence-electron chi connectivity index (χ4n) is 2.49. The molecule has 1 aromatic heterocycles. The molecule has 1 heterocycles. The zero-order chi connectivity index (χ0) is 21.5. The maximum absolute atomic E-state index is 12.2. The summed E-state index contributed by atoms with van der Waals surface area (Å²) in [5, 5.41) is 14.6. The number of nitriles is 1. The lowest BCUT2D eigenvalue weighted by Gasteiger charge is -2.08. The Hall–Kier alpha value is -3.05. The molecule has 1 N–H and O–H groups in total. The summed E-state index contributed by atoms with van der Waals surface area (Å²) in [4.78, 5) is 16.6. The van der Waals surface area contributed by atoms with Crippen LogP contribution in [0.3, 0.4) is 0 Å². The third-order valence-electron chi connectivity index (χ3n) is 3.85. The van der Waals surface area contributed by atoms with Gasteiger partial charge >= 0.3 is 0 Å². The molecule has 1 amide bonds. The van der Waals surface area contributed by atoms with Gasteiger partial charge in [0.15, 0.2) is 23.2 Å². The van der Waals surface area contributed by atoms with E-state index >= 15 is 0 Å². The predicted molar refractivity (Wildman–Crippen MR) is 119 cm³/mol. The van der Waals surface area contributed by atoms with Gasteiger partial charge in [-0.25, -0.2) is 4.98 Å². The number of ether oxygens (including phenoxy) is 2. The highest BCUT2D eigenvalue weighted by Crippen LogP contribution is 2.32. The van der Waals surface area contributed by atoms with Gasteiger partial charge in [0, 0.05) is 22.0 Å². The molecule has 2 aromatic carbocycles. The van der Waals surface area contributed by atoms with Crippen LogP contribution in [0.25, 0.3) is 17.3 Å². The number of nitrogens with zero attached hydrogens (tertiary/aromatic N) is 2. The zero-order valence-electron chi connectivity index (χ0n) is 15.7. The standard InChI is InChI=1S/C21H15Cl2N3O3S/c1-28-19-10-13(2-6-18(19)29-9-8-24)3-7-20(27)26-21-25-17(12-30-21)15-5-4-14(22)11-16(15)23/h2-7,10-12H,9H2,1H3,(H,25,26,27)/b7-3+. The third-order valence-corrected chi connectivity index (χ3v) is 5.15. The first-order valence-corrected chi connectivity index (χ1v) is 10.2. The van der Waals surface area contributed by atoms with Gasteiger partial charge in [-0.2, -0.15) is 5.26 Å².